The molecule has 0 spiro atoms. The van der Waals surface area contributed by atoms with Crippen LogP contribution in [0.4, 0.5) is 5.69 Å². The highest BCUT2D eigenvalue weighted by Crippen LogP contribution is 2.34. The van der Waals surface area contributed by atoms with Crippen molar-refractivity contribution in [3.63, 3.8) is 0 Å². The smallest absolute Gasteiger partial charge is 0.299 e. The Labute approximate surface area is 114 Å². The number of ketones is 1. The van der Waals surface area contributed by atoms with E-state index in [2.05, 4.69) is 13.8 Å². The molecule has 0 fully saturated rings. The van der Waals surface area contributed by atoms with Gasteiger partial charge in [-0.3, -0.25) is 9.59 Å². The van der Waals surface area contributed by atoms with E-state index in [1.807, 2.05) is 26.0 Å². The molecule has 0 unspecified atom stereocenters. The summed E-state index contributed by atoms with van der Waals surface area (Å²) < 4.78 is 0. The third-order valence-electron chi connectivity index (χ3n) is 3.99. The number of anilines is 1. The number of fused-ring (bicyclic) bond motifs is 1. The van der Waals surface area contributed by atoms with Gasteiger partial charge >= 0.3 is 0 Å². The van der Waals surface area contributed by atoms with Crippen molar-refractivity contribution >= 4 is 17.4 Å². The molecule has 1 heterocycles. The van der Waals surface area contributed by atoms with Gasteiger partial charge in [0, 0.05) is 6.54 Å². The summed E-state index contributed by atoms with van der Waals surface area (Å²) in [5.41, 5.74) is 3.45. The van der Waals surface area contributed by atoms with E-state index in [0.717, 1.165) is 29.7 Å². The standard InChI is InChI=1S/C16H21NO2/c1-5-12(6-2)9-17-14-11(4)7-10(3)8-13(14)15(18)16(17)19/h7-8,12H,5-6,9H2,1-4H3. The summed E-state index contributed by atoms with van der Waals surface area (Å²) >= 11 is 0. The van der Waals surface area contributed by atoms with Crippen LogP contribution in [0.15, 0.2) is 12.1 Å². The minimum atomic E-state index is -0.365. The first kappa shape index (κ1) is 13.8. The van der Waals surface area contributed by atoms with Crippen molar-refractivity contribution in [2.24, 2.45) is 5.92 Å². The number of rotatable bonds is 4. The zero-order valence-corrected chi connectivity index (χ0v) is 12.1. The van der Waals surface area contributed by atoms with Crippen LogP contribution in [0.2, 0.25) is 0 Å². The molecule has 0 saturated heterocycles. The highest BCUT2D eigenvalue weighted by Gasteiger charge is 2.37. The van der Waals surface area contributed by atoms with Crippen LogP contribution in [-0.2, 0) is 4.79 Å². The fraction of sp³-hybridized carbons (Fsp3) is 0.500. The quantitative estimate of drug-likeness (QED) is 0.778. The maximum Gasteiger partial charge on any atom is 0.299 e. The molecule has 2 rings (SSSR count). The Kier molecular flexibility index (Phi) is 3.74. The molecule has 1 aliphatic heterocycles. The van der Waals surface area contributed by atoms with Gasteiger partial charge in [-0.15, -0.1) is 0 Å². The molecule has 0 aliphatic carbocycles. The van der Waals surface area contributed by atoms with Crippen LogP contribution in [0.25, 0.3) is 0 Å². The fourth-order valence-electron chi connectivity index (χ4n) is 2.81. The SMILES string of the molecule is CCC(CC)CN1C(=O)C(=O)c2cc(C)cc(C)c21. The van der Waals surface area contributed by atoms with Gasteiger partial charge in [-0.05, 0) is 37.0 Å². The number of hydrogen-bond donors (Lipinski definition) is 0. The monoisotopic (exact) mass is 259 g/mol. The van der Waals surface area contributed by atoms with E-state index in [1.54, 1.807) is 4.90 Å². The van der Waals surface area contributed by atoms with Crippen molar-refractivity contribution in [3.8, 4) is 0 Å². The predicted octanol–water partition coefficient (Wildman–Crippen LogP) is 3.27. The van der Waals surface area contributed by atoms with Gasteiger partial charge in [0.15, 0.2) is 0 Å². The van der Waals surface area contributed by atoms with E-state index in [4.69, 9.17) is 0 Å². The Morgan fingerprint density at radius 2 is 1.74 bits per heavy atom. The summed E-state index contributed by atoms with van der Waals surface area (Å²) in [7, 11) is 0. The van der Waals surface area contributed by atoms with Crippen LogP contribution in [0.5, 0.6) is 0 Å². The summed E-state index contributed by atoms with van der Waals surface area (Å²) in [5, 5.41) is 0. The third kappa shape index (κ3) is 2.29. The van der Waals surface area contributed by atoms with Gasteiger partial charge in [-0.25, -0.2) is 0 Å². The molecule has 3 heteroatoms. The molecular weight excluding hydrogens is 238 g/mol. The van der Waals surface area contributed by atoms with Crippen molar-refractivity contribution < 1.29 is 9.59 Å². The van der Waals surface area contributed by atoms with Gasteiger partial charge in [0.25, 0.3) is 11.7 Å². The number of nitrogens with zero attached hydrogens (tertiary/aromatic N) is 1. The highest BCUT2D eigenvalue weighted by atomic mass is 16.2. The summed E-state index contributed by atoms with van der Waals surface area (Å²) in [6.45, 7) is 8.82. The highest BCUT2D eigenvalue weighted by molar-refractivity contribution is 6.52. The molecule has 1 aromatic rings. The van der Waals surface area contributed by atoms with Crippen LogP contribution in [0.1, 0.15) is 48.2 Å². The van der Waals surface area contributed by atoms with Crippen LogP contribution in [-0.4, -0.2) is 18.2 Å². The number of hydrogen-bond acceptors (Lipinski definition) is 2. The Morgan fingerprint density at radius 3 is 2.32 bits per heavy atom. The Hall–Kier alpha value is -1.64. The van der Waals surface area contributed by atoms with Crippen molar-refractivity contribution in [2.45, 2.75) is 40.5 Å². The first-order chi connectivity index (χ1) is 8.99. The van der Waals surface area contributed by atoms with Crippen molar-refractivity contribution in [1.82, 2.24) is 0 Å². The number of amides is 1. The van der Waals surface area contributed by atoms with Crippen molar-refractivity contribution in [2.75, 3.05) is 11.4 Å². The van der Waals surface area contributed by atoms with Gasteiger partial charge in [0.2, 0.25) is 0 Å². The zero-order chi connectivity index (χ0) is 14.2. The second-order valence-electron chi connectivity index (χ2n) is 5.41. The average molecular weight is 259 g/mol. The molecule has 0 atom stereocenters. The van der Waals surface area contributed by atoms with Gasteiger partial charge in [0.05, 0.1) is 11.3 Å². The minimum Gasteiger partial charge on any atom is -0.304 e. The van der Waals surface area contributed by atoms with Crippen LogP contribution >= 0.6 is 0 Å². The van der Waals surface area contributed by atoms with Crippen molar-refractivity contribution in [3.05, 3.63) is 28.8 Å². The fourth-order valence-corrected chi connectivity index (χ4v) is 2.81. The number of benzene rings is 1. The predicted molar refractivity (Wildman–Crippen MR) is 76.7 cm³/mol. The lowest BCUT2D eigenvalue weighted by molar-refractivity contribution is -0.114. The summed E-state index contributed by atoms with van der Waals surface area (Å²) in [5.74, 6) is -0.272. The second kappa shape index (κ2) is 5.16. The third-order valence-corrected chi connectivity index (χ3v) is 3.99. The molecule has 0 N–H and O–H groups in total. The molecule has 19 heavy (non-hydrogen) atoms. The van der Waals surface area contributed by atoms with E-state index < -0.39 is 0 Å². The summed E-state index contributed by atoms with van der Waals surface area (Å²) in [4.78, 5) is 25.9. The lowest BCUT2D eigenvalue weighted by Crippen LogP contribution is -2.34. The lowest BCUT2D eigenvalue weighted by Gasteiger charge is -2.23. The first-order valence-corrected chi connectivity index (χ1v) is 6.97. The molecule has 0 saturated carbocycles. The molecule has 1 aromatic carbocycles. The Morgan fingerprint density at radius 1 is 1.11 bits per heavy atom. The normalized spacial score (nSPS) is 14.5. The Balaban J connectivity index is 2.44. The molecule has 102 valence electrons. The van der Waals surface area contributed by atoms with Gasteiger partial charge in [0.1, 0.15) is 0 Å². The molecular formula is C16H21NO2. The molecule has 1 amide bonds. The maximum absolute atomic E-state index is 12.2. The largest absolute Gasteiger partial charge is 0.304 e. The summed E-state index contributed by atoms with van der Waals surface area (Å²) in [6.07, 6.45) is 2.05. The van der Waals surface area contributed by atoms with Crippen LogP contribution in [0, 0.1) is 19.8 Å². The first-order valence-electron chi connectivity index (χ1n) is 6.97. The zero-order valence-electron chi connectivity index (χ0n) is 12.1. The number of aryl methyl sites for hydroxylation is 2. The molecule has 0 radical (unpaired) electrons. The van der Waals surface area contributed by atoms with Crippen LogP contribution in [0.3, 0.4) is 0 Å². The van der Waals surface area contributed by atoms with Gasteiger partial charge in [-0.2, -0.15) is 0 Å². The van der Waals surface area contributed by atoms with Gasteiger partial charge in [-0.1, -0.05) is 32.8 Å². The van der Waals surface area contributed by atoms with E-state index in [9.17, 15) is 9.59 Å². The summed E-state index contributed by atoms with van der Waals surface area (Å²) in [6, 6.07) is 3.86. The van der Waals surface area contributed by atoms with Crippen LogP contribution < -0.4 is 4.90 Å². The average Bonchev–Trinajstić information content (AvgIpc) is 2.61. The number of Topliss-reactive ketones (excluding diaryl/α,β-unsaturated/α-hetero) is 1. The molecule has 0 aromatic heterocycles. The molecule has 0 bridgehead atoms. The van der Waals surface area contributed by atoms with E-state index >= 15 is 0 Å². The Bertz CT molecular complexity index is 530. The van der Waals surface area contributed by atoms with E-state index in [0.29, 0.717) is 18.0 Å². The van der Waals surface area contributed by atoms with E-state index in [-0.39, 0.29) is 11.7 Å². The molecule has 1 aliphatic rings. The maximum atomic E-state index is 12.2. The topological polar surface area (TPSA) is 37.4 Å². The molecule has 3 nitrogen and oxygen atoms in total. The lowest BCUT2D eigenvalue weighted by atomic mass is 10.0. The van der Waals surface area contributed by atoms with Crippen molar-refractivity contribution in [1.29, 1.82) is 0 Å². The van der Waals surface area contributed by atoms with Gasteiger partial charge < -0.3 is 4.90 Å². The number of carbonyl (C=O) groups excluding carboxylic acids is 2. The minimum absolute atomic E-state index is 0.354. The number of carbonyl (C=O) groups is 2. The van der Waals surface area contributed by atoms with E-state index in [1.165, 1.54) is 0 Å². The second-order valence-corrected chi connectivity index (χ2v) is 5.41.